The molecule has 0 spiro atoms. The molecule has 0 aliphatic heterocycles. The zero-order valence-corrected chi connectivity index (χ0v) is 16.0. The highest BCUT2D eigenvalue weighted by Gasteiger charge is 2.13. The van der Waals surface area contributed by atoms with Crippen molar-refractivity contribution in [1.82, 2.24) is 0 Å². The maximum Gasteiger partial charge on any atom is 0.246 e. The fourth-order valence-corrected chi connectivity index (χ4v) is 2.32. The van der Waals surface area contributed by atoms with E-state index >= 15 is 0 Å². The molecule has 0 aromatic heterocycles. The summed E-state index contributed by atoms with van der Waals surface area (Å²) in [5.74, 6) is 0. The number of rotatable bonds is 16. The van der Waals surface area contributed by atoms with Gasteiger partial charge in [0.25, 0.3) is 0 Å². The normalized spacial score (nSPS) is 12.8. The van der Waals surface area contributed by atoms with E-state index in [-0.39, 0.29) is 24.2 Å². The molecule has 0 fully saturated rings. The molecule has 150 valence electrons. The molecule has 0 unspecified atom stereocenters. The highest BCUT2D eigenvalue weighted by atomic mass is 16.6. The fourth-order valence-electron chi connectivity index (χ4n) is 2.32. The van der Waals surface area contributed by atoms with Crippen molar-refractivity contribution in [2.45, 2.75) is 71.1 Å². The van der Waals surface area contributed by atoms with Crippen molar-refractivity contribution >= 4 is 6.29 Å². The summed E-state index contributed by atoms with van der Waals surface area (Å²) < 4.78 is 0. The Morgan fingerprint density at radius 3 is 1.96 bits per heavy atom. The van der Waals surface area contributed by atoms with E-state index in [1.807, 2.05) is 25.2 Å². The molecule has 0 aromatic carbocycles. The number of carbonyl (C=O) groups excluding carboxylic acids is 1. The highest BCUT2D eigenvalue weighted by Crippen LogP contribution is 2.13. The van der Waals surface area contributed by atoms with E-state index < -0.39 is 9.85 Å². The Kier molecular flexibility index (Phi) is 15.3. The molecule has 0 aromatic rings. The summed E-state index contributed by atoms with van der Waals surface area (Å²) in [6.07, 6.45) is 17.6. The first-order valence-electron chi connectivity index (χ1n) is 9.43. The van der Waals surface area contributed by atoms with Crippen molar-refractivity contribution in [2.24, 2.45) is 0 Å². The minimum absolute atomic E-state index is 0.0166. The molecule has 0 rings (SSSR count). The standard InChI is InChI=1S/C20H30N2O5/c1-2-3-4-5-8-11-14-19(21(24)25)16-17-20(22(26)27)15-12-9-6-7-10-13-18-23/h3-4,8,11,15-16,18H,2,5-7,9-10,12-14,17H2,1H3/b4-3+,11-8+,19-16-,20-15-. The van der Waals surface area contributed by atoms with E-state index in [1.165, 1.54) is 6.08 Å². The van der Waals surface area contributed by atoms with Gasteiger partial charge in [-0.3, -0.25) is 20.2 Å². The number of unbranched alkanes of at least 4 members (excludes halogenated alkanes) is 5. The van der Waals surface area contributed by atoms with Crippen LogP contribution in [0.15, 0.2) is 47.9 Å². The molecule has 7 heteroatoms. The van der Waals surface area contributed by atoms with Crippen LogP contribution in [0.2, 0.25) is 0 Å². The first-order valence-corrected chi connectivity index (χ1v) is 9.43. The third-order valence-corrected chi connectivity index (χ3v) is 3.84. The number of allylic oxidation sites excluding steroid dienone is 6. The summed E-state index contributed by atoms with van der Waals surface area (Å²) in [6, 6.07) is 0. The largest absolute Gasteiger partial charge is 0.303 e. The van der Waals surface area contributed by atoms with Crippen LogP contribution >= 0.6 is 0 Å². The average molecular weight is 378 g/mol. The van der Waals surface area contributed by atoms with Crippen molar-refractivity contribution < 1.29 is 14.6 Å². The molecule has 0 heterocycles. The third-order valence-electron chi connectivity index (χ3n) is 3.84. The number of nitro groups is 2. The van der Waals surface area contributed by atoms with Gasteiger partial charge < -0.3 is 4.79 Å². The van der Waals surface area contributed by atoms with E-state index in [4.69, 9.17) is 0 Å². The molecule has 0 radical (unpaired) electrons. The zero-order valence-electron chi connectivity index (χ0n) is 16.0. The predicted molar refractivity (Wildman–Crippen MR) is 106 cm³/mol. The molecular formula is C20H30N2O5. The zero-order chi connectivity index (χ0) is 20.3. The lowest BCUT2D eigenvalue weighted by Crippen LogP contribution is -2.01. The molecule has 0 saturated heterocycles. The van der Waals surface area contributed by atoms with Gasteiger partial charge in [0, 0.05) is 6.42 Å². The number of aldehydes is 1. The monoisotopic (exact) mass is 378 g/mol. The molecule has 7 nitrogen and oxygen atoms in total. The van der Waals surface area contributed by atoms with Gasteiger partial charge in [-0.15, -0.1) is 0 Å². The first kappa shape index (κ1) is 24.4. The summed E-state index contributed by atoms with van der Waals surface area (Å²) in [7, 11) is 0. The Morgan fingerprint density at radius 2 is 1.37 bits per heavy atom. The summed E-state index contributed by atoms with van der Waals surface area (Å²) >= 11 is 0. The second-order valence-corrected chi connectivity index (χ2v) is 6.06. The van der Waals surface area contributed by atoms with Gasteiger partial charge in [-0.05, 0) is 44.3 Å². The van der Waals surface area contributed by atoms with E-state index in [2.05, 4.69) is 0 Å². The van der Waals surface area contributed by atoms with Crippen molar-refractivity contribution in [1.29, 1.82) is 0 Å². The highest BCUT2D eigenvalue weighted by molar-refractivity contribution is 5.48. The maximum absolute atomic E-state index is 11.1. The Labute approximate surface area is 160 Å². The Balaban J connectivity index is 4.57. The van der Waals surface area contributed by atoms with Crippen LogP contribution in [0.1, 0.15) is 71.1 Å². The molecule has 0 aliphatic rings. The number of hydrogen-bond acceptors (Lipinski definition) is 5. The summed E-state index contributed by atoms with van der Waals surface area (Å²) in [5.41, 5.74) is -0.0514. The lowest BCUT2D eigenvalue weighted by Gasteiger charge is -1.98. The van der Waals surface area contributed by atoms with Crippen molar-refractivity contribution in [3.05, 3.63) is 68.1 Å². The van der Waals surface area contributed by atoms with Crippen LogP contribution in [0.25, 0.3) is 0 Å². The van der Waals surface area contributed by atoms with Gasteiger partial charge in [0.2, 0.25) is 11.4 Å². The minimum atomic E-state index is -0.489. The topological polar surface area (TPSA) is 103 Å². The van der Waals surface area contributed by atoms with Gasteiger partial charge in [-0.2, -0.15) is 0 Å². The van der Waals surface area contributed by atoms with Gasteiger partial charge >= 0.3 is 0 Å². The maximum atomic E-state index is 11.1. The number of hydrogen-bond donors (Lipinski definition) is 0. The molecule has 0 N–H and O–H groups in total. The second-order valence-electron chi connectivity index (χ2n) is 6.06. The van der Waals surface area contributed by atoms with Gasteiger partial charge in [0.1, 0.15) is 6.29 Å². The van der Waals surface area contributed by atoms with E-state index in [0.717, 1.165) is 38.4 Å². The van der Waals surface area contributed by atoms with E-state index in [1.54, 1.807) is 12.2 Å². The average Bonchev–Trinajstić information content (AvgIpc) is 2.63. The number of carbonyl (C=O) groups is 1. The molecule has 0 saturated carbocycles. The fraction of sp³-hybridized carbons (Fsp3) is 0.550. The van der Waals surface area contributed by atoms with Crippen LogP contribution in [0, 0.1) is 20.2 Å². The van der Waals surface area contributed by atoms with Crippen LogP contribution < -0.4 is 0 Å². The Hall–Kier alpha value is -2.57. The molecule has 0 atom stereocenters. The quantitative estimate of drug-likeness (QED) is 0.115. The van der Waals surface area contributed by atoms with Crippen LogP contribution in [0.3, 0.4) is 0 Å². The molecule has 0 aliphatic carbocycles. The lowest BCUT2D eigenvalue weighted by molar-refractivity contribution is -0.431. The van der Waals surface area contributed by atoms with Gasteiger partial charge in [0.05, 0.1) is 22.7 Å². The predicted octanol–water partition coefficient (Wildman–Crippen LogP) is 5.54. The van der Waals surface area contributed by atoms with Gasteiger partial charge in [0.15, 0.2) is 0 Å². The van der Waals surface area contributed by atoms with Crippen molar-refractivity contribution in [2.75, 3.05) is 0 Å². The molecule has 0 bridgehead atoms. The third kappa shape index (κ3) is 14.3. The SMILES string of the molecule is CC/C=C/C/C=C/C/C(=C/C/C(=C/CCCCCCC=O)[N+](=O)[O-])[N+](=O)[O-]. The molecule has 27 heavy (non-hydrogen) atoms. The Morgan fingerprint density at radius 1 is 0.778 bits per heavy atom. The van der Waals surface area contributed by atoms with Gasteiger partial charge in [-0.25, -0.2) is 0 Å². The van der Waals surface area contributed by atoms with Crippen molar-refractivity contribution in [3.63, 3.8) is 0 Å². The van der Waals surface area contributed by atoms with Crippen LogP contribution in [0.5, 0.6) is 0 Å². The Bertz CT molecular complexity index is 577. The first-order chi connectivity index (χ1) is 13.0. The number of nitrogens with zero attached hydrogens (tertiary/aromatic N) is 2. The molecular weight excluding hydrogens is 348 g/mol. The van der Waals surface area contributed by atoms with E-state index in [0.29, 0.717) is 19.3 Å². The van der Waals surface area contributed by atoms with Crippen LogP contribution in [-0.4, -0.2) is 16.1 Å². The minimum Gasteiger partial charge on any atom is -0.303 e. The smallest absolute Gasteiger partial charge is 0.246 e. The summed E-state index contributed by atoms with van der Waals surface area (Å²) in [4.78, 5) is 31.5. The molecule has 0 amide bonds. The van der Waals surface area contributed by atoms with E-state index in [9.17, 15) is 25.0 Å². The van der Waals surface area contributed by atoms with Crippen LogP contribution in [-0.2, 0) is 4.79 Å². The lowest BCUT2D eigenvalue weighted by atomic mass is 10.1. The second kappa shape index (κ2) is 16.9. The van der Waals surface area contributed by atoms with Gasteiger partial charge in [-0.1, -0.05) is 44.1 Å². The van der Waals surface area contributed by atoms with Crippen LogP contribution in [0.4, 0.5) is 0 Å². The summed E-state index contributed by atoms with van der Waals surface area (Å²) in [5, 5.41) is 22.2. The van der Waals surface area contributed by atoms with Crippen molar-refractivity contribution in [3.8, 4) is 0 Å². The summed E-state index contributed by atoms with van der Waals surface area (Å²) in [6.45, 7) is 2.03.